The summed E-state index contributed by atoms with van der Waals surface area (Å²) in [6, 6.07) is 18.3. The van der Waals surface area contributed by atoms with Gasteiger partial charge in [0, 0.05) is 25.3 Å². The number of rotatable bonds is 8. The van der Waals surface area contributed by atoms with Crippen molar-refractivity contribution in [2.75, 3.05) is 25.5 Å². The van der Waals surface area contributed by atoms with Crippen molar-refractivity contribution in [3.63, 3.8) is 0 Å². The van der Waals surface area contributed by atoms with Crippen molar-refractivity contribution in [3.8, 4) is 0 Å². The van der Waals surface area contributed by atoms with Crippen molar-refractivity contribution in [1.29, 1.82) is 0 Å². The summed E-state index contributed by atoms with van der Waals surface area (Å²) in [5.41, 5.74) is 2.93. The Morgan fingerprint density at radius 1 is 1.15 bits per heavy atom. The van der Waals surface area contributed by atoms with Crippen LogP contribution in [0.2, 0.25) is 0 Å². The molecule has 1 aliphatic heterocycles. The zero-order chi connectivity index (χ0) is 19.3. The molecule has 0 aromatic heterocycles. The number of nitrogens with one attached hydrogen (secondary N) is 1. The molecule has 5 heteroatoms. The topological polar surface area (TPSA) is 61.8 Å². The lowest BCUT2D eigenvalue weighted by Crippen LogP contribution is -2.60. The van der Waals surface area contributed by atoms with Crippen molar-refractivity contribution in [1.82, 2.24) is 4.90 Å². The standard InChI is InChI=1S/C22H28N2O3/c1-17(25)23-20-10-8-19(9-11-20)14-24-15-22(16-24,21(26)27-2)13-12-18-6-4-3-5-7-18/h3-11,17,23,25H,12-16H2,1-2H3. The highest BCUT2D eigenvalue weighted by molar-refractivity contribution is 5.78. The number of anilines is 1. The number of likely N-dealkylation sites (tertiary alicyclic amines) is 1. The minimum atomic E-state index is -0.573. The second kappa shape index (κ2) is 8.55. The second-order valence-electron chi connectivity index (χ2n) is 7.42. The molecule has 0 amide bonds. The largest absolute Gasteiger partial charge is 0.469 e. The van der Waals surface area contributed by atoms with Crippen LogP contribution in [0.4, 0.5) is 5.69 Å². The number of hydrogen-bond donors (Lipinski definition) is 2. The van der Waals surface area contributed by atoms with E-state index in [0.29, 0.717) is 0 Å². The molecule has 2 aromatic rings. The first kappa shape index (κ1) is 19.4. The Balaban J connectivity index is 1.56. The SMILES string of the molecule is COC(=O)C1(CCc2ccccc2)CN(Cc2ccc(NC(C)O)cc2)C1. The van der Waals surface area contributed by atoms with Gasteiger partial charge in [-0.2, -0.15) is 0 Å². The van der Waals surface area contributed by atoms with Gasteiger partial charge in [0.25, 0.3) is 0 Å². The fourth-order valence-electron chi connectivity index (χ4n) is 3.76. The molecule has 5 nitrogen and oxygen atoms in total. The van der Waals surface area contributed by atoms with Crippen molar-refractivity contribution < 1.29 is 14.6 Å². The van der Waals surface area contributed by atoms with Crippen LogP contribution < -0.4 is 5.32 Å². The van der Waals surface area contributed by atoms with Crippen LogP contribution in [0.25, 0.3) is 0 Å². The van der Waals surface area contributed by atoms with E-state index in [4.69, 9.17) is 4.74 Å². The predicted octanol–water partition coefficient (Wildman–Crippen LogP) is 3.04. The number of carbonyl (C=O) groups is 1. The summed E-state index contributed by atoms with van der Waals surface area (Å²) in [5.74, 6) is -0.105. The summed E-state index contributed by atoms with van der Waals surface area (Å²) in [4.78, 5) is 14.7. The summed E-state index contributed by atoms with van der Waals surface area (Å²) >= 11 is 0. The summed E-state index contributed by atoms with van der Waals surface area (Å²) in [6.07, 6.45) is 1.11. The smallest absolute Gasteiger partial charge is 0.314 e. The number of ether oxygens (including phenoxy) is 1. The van der Waals surface area contributed by atoms with Crippen molar-refractivity contribution in [3.05, 3.63) is 65.7 Å². The maximum absolute atomic E-state index is 12.4. The molecular formula is C22H28N2O3. The number of aliphatic hydroxyl groups excluding tert-OH is 1. The van der Waals surface area contributed by atoms with Gasteiger partial charge in [0.2, 0.25) is 0 Å². The van der Waals surface area contributed by atoms with Crippen LogP contribution in [0.15, 0.2) is 54.6 Å². The Kier molecular flexibility index (Phi) is 6.14. The van der Waals surface area contributed by atoms with Crippen molar-refractivity contribution in [2.45, 2.75) is 32.5 Å². The molecular weight excluding hydrogens is 340 g/mol. The van der Waals surface area contributed by atoms with Gasteiger partial charge < -0.3 is 15.2 Å². The third-order valence-electron chi connectivity index (χ3n) is 5.14. The summed E-state index contributed by atoms with van der Waals surface area (Å²) in [7, 11) is 1.48. The van der Waals surface area contributed by atoms with Gasteiger partial charge >= 0.3 is 5.97 Å². The molecule has 0 bridgehead atoms. The number of esters is 1. The molecule has 1 heterocycles. The average molecular weight is 368 g/mol. The highest BCUT2D eigenvalue weighted by Gasteiger charge is 2.49. The van der Waals surface area contributed by atoms with E-state index in [1.54, 1.807) is 6.92 Å². The van der Waals surface area contributed by atoms with E-state index in [-0.39, 0.29) is 5.97 Å². The molecule has 0 spiro atoms. The molecule has 1 unspecified atom stereocenters. The lowest BCUT2D eigenvalue weighted by molar-refractivity contribution is -0.165. The molecule has 1 fully saturated rings. The van der Waals surface area contributed by atoms with Gasteiger partial charge in [-0.3, -0.25) is 9.69 Å². The van der Waals surface area contributed by atoms with Crippen LogP contribution in [0.5, 0.6) is 0 Å². The Hall–Kier alpha value is -2.37. The van der Waals surface area contributed by atoms with E-state index in [9.17, 15) is 9.90 Å². The number of aryl methyl sites for hydroxylation is 1. The number of nitrogens with zero attached hydrogens (tertiary/aromatic N) is 1. The highest BCUT2D eigenvalue weighted by Crippen LogP contribution is 2.37. The number of aliphatic hydroxyl groups is 1. The molecule has 1 atom stereocenters. The zero-order valence-electron chi connectivity index (χ0n) is 16.0. The normalized spacial score (nSPS) is 17.0. The third kappa shape index (κ3) is 4.87. The Bertz CT molecular complexity index is 738. The maximum Gasteiger partial charge on any atom is 0.314 e. The first-order valence-corrected chi connectivity index (χ1v) is 9.39. The molecule has 2 aromatic carbocycles. The minimum Gasteiger partial charge on any atom is -0.469 e. The van der Waals surface area contributed by atoms with Crippen LogP contribution in [-0.4, -0.2) is 42.4 Å². The third-order valence-corrected chi connectivity index (χ3v) is 5.14. The summed E-state index contributed by atoms with van der Waals surface area (Å²) in [5, 5.41) is 12.3. The molecule has 1 saturated heterocycles. The highest BCUT2D eigenvalue weighted by atomic mass is 16.5. The molecule has 0 radical (unpaired) electrons. The van der Waals surface area contributed by atoms with Gasteiger partial charge in [0.05, 0.1) is 12.5 Å². The number of methoxy groups -OCH3 is 1. The quantitative estimate of drug-likeness (QED) is 0.554. The van der Waals surface area contributed by atoms with E-state index in [0.717, 1.165) is 38.2 Å². The van der Waals surface area contributed by atoms with E-state index in [2.05, 4.69) is 22.3 Å². The Labute approximate surface area is 161 Å². The number of benzene rings is 2. The van der Waals surface area contributed by atoms with Crippen molar-refractivity contribution in [2.24, 2.45) is 5.41 Å². The first-order chi connectivity index (χ1) is 13.0. The van der Waals surface area contributed by atoms with E-state index in [1.807, 2.05) is 42.5 Å². The molecule has 2 N–H and O–H groups in total. The fourth-order valence-corrected chi connectivity index (χ4v) is 3.76. The van der Waals surface area contributed by atoms with Crippen LogP contribution in [0, 0.1) is 5.41 Å². The predicted molar refractivity (Wildman–Crippen MR) is 106 cm³/mol. The van der Waals surface area contributed by atoms with Gasteiger partial charge in [-0.15, -0.1) is 0 Å². The minimum absolute atomic E-state index is 0.105. The lowest BCUT2D eigenvalue weighted by atomic mass is 9.75. The molecule has 0 saturated carbocycles. The molecule has 0 aliphatic carbocycles. The monoisotopic (exact) mass is 368 g/mol. The fraction of sp³-hybridized carbons (Fsp3) is 0.409. The van der Waals surface area contributed by atoms with E-state index in [1.165, 1.54) is 18.2 Å². The lowest BCUT2D eigenvalue weighted by Gasteiger charge is -2.48. The van der Waals surface area contributed by atoms with Gasteiger partial charge in [0.1, 0.15) is 6.23 Å². The van der Waals surface area contributed by atoms with Crippen LogP contribution in [0.3, 0.4) is 0 Å². The van der Waals surface area contributed by atoms with Crippen LogP contribution in [0.1, 0.15) is 24.5 Å². The van der Waals surface area contributed by atoms with E-state index >= 15 is 0 Å². The molecule has 3 rings (SSSR count). The number of carbonyl (C=O) groups excluding carboxylic acids is 1. The molecule has 144 valence electrons. The van der Waals surface area contributed by atoms with Gasteiger partial charge in [-0.05, 0) is 43.0 Å². The molecule has 1 aliphatic rings. The second-order valence-corrected chi connectivity index (χ2v) is 7.42. The summed E-state index contributed by atoms with van der Waals surface area (Å²) < 4.78 is 5.10. The van der Waals surface area contributed by atoms with Crippen LogP contribution >= 0.6 is 0 Å². The maximum atomic E-state index is 12.4. The van der Waals surface area contributed by atoms with Gasteiger partial charge in [-0.25, -0.2) is 0 Å². The molecule has 27 heavy (non-hydrogen) atoms. The Morgan fingerprint density at radius 3 is 2.41 bits per heavy atom. The van der Waals surface area contributed by atoms with Crippen molar-refractivity contribution >= 4 is 11.7 Å². The first-order valence-electron chi connectivity index (χ1n) is 9.39. The van der Waals surface area contributed by atoms with Crippen LogP contribution in [-0.2, 0) is 22.5 Å². The van der Waals surface area contributed by atoms with E-state index < -0.39 is 11.6 Å². The summed E-state index contributed by atoms with van der Waals surface area (Å²) in [6.45, 7) is 3.94. The Morgan fingerprint density at radius 2 is 1.81 bits per heavy atom. The number of hydrogen-bond acceptors (Lipinski definition) is 5. The van der Waals surface area contributed by atoms with Gasteiger partial charge in [0.15, 0.2) is 0 Å². The average Bonchev–Trinajstić information content (AvgIpc) is 2.64. The zero-order valence-corrected chi connectivity index (χ0v) is 16.0. The van der Waals surface area contributed by atoms with Gasteiger partial charge in [-0.1, -0.05) is 42.5 Å².